The van der Waals surface area contributed by atoms with Gasteiger partial charge in [-0.1, -0.05) is 13.8 Å². The van der Waals surface area contributed by atoms with Crippen molar-refractivity contribution in [2.45, 2.75) is 20.3 Å². The highest BCUT2D eigenvalue weighted by Crippen LogP contribution is 2.13. The van der Waals surface area contributed by atoms with E-state index in [0.29, 0.717) is 25.4 Å². The predicted molar refractivity (Wildman–Crippen MR) is 50.4 cm³/mol. The fraction of sp³-hybridized carbons (Fsp3) is 0.778. The number of nitrogens with zero attached hydrogens (tertiary/aromatic N) is 2. The third-order valence-electron chi connectivity index (χ3n) is 2.07. The lowest BCUT2D eigenvalue weighted by atomic mass is 10.2. The Kier molecular flexibility index (Phi) is 3.46. The van der Waals surface area contributed by atoms with E-state index in [-0.39, 0.29) is 12.5 Å². The van der Waals surface area contributed by atoms with E-state index in [1.54, 1.807) is 10.0 Å². The second-order valence-corrected chi connectivity index (χ2v) is 3.90. The van der Waals surface area contributed by atoms with Crippen LogP contribution in [0.3, 0.4) is 0 Å². The second kappa shape index (κ2) is 4.41. The van der Waals surface area contributed by atoms with Crippen LogP contribution in [-0.2, 0) is 9.59 Å². The minimum Gasteiger partial charge on any atom is -0.480 e. The first-order valence-corrected chi connectivity index (χ1v) is 4.77. The van der Waals surface area contributed by atoms with E-state index in [1.165, 1.54) is 0 Å². The Morgan fingerprint density at radius 3 is 2.71 bits per heavy atom. The SMILES string of the molecule is CC(C)CN1C(=O)CCN1CC(=O)O. The number of hydrogen-bond donors (Lipinski definition) is 1. The summed E-state index contributed by atoms with van der Waals surface area (Å²) in [6.07, 6.45) is 0.431. The van der Waals surface area contributed by atoms with Crippen LogP contribution < -0.4 is 0 Å². The Bertz CT molecular complexity index is 240. The first-order valence-electron chi connectivity index (χ1n) is 4.77. The van der Waals surface area contributed by atoms with Crippen LogP contribution in [0.2, 0.25) is 0 Å². The quantitative estimate of drug-likeness (QED) is 0.703. The smallest absolute Gasteiger partial charge is 0.319 e. The normalized spacial score (nSPS) is 18.2. The van der Waals surface area contributed by atoms with Crippen molar-refractivity contribution in [3.05, 3.63) is 0 Å². The molecule has 1 fully saturated rings. The molecule has 0 atom stereocenters. The lowest BCUT2D eigenvalue weighted by molar-refractivity contribution is -0.148. The van der Waals surface area contributed by atoms with Crippen molar-refractivity contribution < 1.29 is 14.7 Å². The van der Waals surface area contributed by atoms with Gasteiger partial charge in [0.25, 0.3) is 0 Å². The summed E-state index contributed by atoms with van der Waals surface area (Å²) in [6, 6.07) is 0. The van der Waals surface area contributed by atoms with Gasteiger partial charge in [-0.2, -0.15) is 0 Å². The molecule has 0 spiro atoms. The van der Waals surface area contributed by atoms with E-state index >= 15 is 0 Å². The van der Waals surface area contributed by atoms with Gasteiger partial charge in [-0.05, 0) is 5.92 Å². The summed E-state index contributed by atoms with van der Waals surface area (Å²) in [5.41, 5.74) is 0. The van der Waals surface area contributed by atoms with Crippen LogP contribution in [0.25, 0.3) is 0 Å². The summed E-state index contributed by atoms with van der Waals surface area (Å²) in [5, 5.41) is 11.8. The monoisotopic (exact) mass is 200 g/mol. The summed E-state index contributed by atoms with van der Waals surface area (Å²) in [5.74, 6) is -0.512. The number of hydrazine groups is 1. The van der Waals surface area contributed by atoms with Crippen LogP contribution >= 0.6 is 0 Å². The Hall–Kier alpha value is -1.10. The maximum atomic E-state index is 11.4. The first-order chi connectivity index (χ1) is 6.50. The van der Waals surface area contributed by atoms with Gasteiger partial charge in [0.1, 0.15) is 6.54 Å². The Labute approximate surface area is 83.3 Å². The molecule has 0 aromatic heterocycles. The van der Waals surface area contributed by atoms with Crippen LogP contribution in [0.1, 0.15) is 20.3 Å². The number of hydrogen-bond acceptors (Lipinski definition) is 3. The molecule has 0 bridgehead atoms. The molecule has 0 aromatic rings. The molecule has 5 nitrogen and oxygen atoms in total. The molecular formula is C9H16N2O3. The highest BCUT2D eigenvalue weighted by atomic mass is 16.4. The maximum absolute atomic E-state index is 11.4. The third kappa shape index (κ3) is 2.70. The average Bonchev–Trinajstić information content (AvgIpc) is 2.34. The summed E-state index contributed by atoms with van der Waals surface area (Å²) in [4.78, 5) is 21.9. The van der Waals surface area contributed by atoms with Crippen LogP contribution in [0.4, 0.5) is 0 Å². The zero-order chi connectivity index (χ0) is 10.7. The number of rotatable bonds is 4. The summed E-state index contributed by atoms with van der Waals surface area (Å²) < 4.78 is 0. The van der Waals surface area contributed by atoms with Crippen molar-refractivity contribution in [2.75, 3.05) is 19.6 Å². The lowest BCUT2D eigenvalue weighted by Gasteiger charge is -2.27. The topological polar surface area (TPSA) is 60.9 Å². The van der Waals surface area contributed by atoms with Gasteiger partial charge in [-0.3, -0.25) is 14.6 Å². The Morgan fingerprint density at radius 2 is 2.21 bits per heavy atom. The van der Waals surface area contributed by atoms with E-state index in [4.69, 9.17) is 5.11 Å². The van der Waals surface area contributed by atoms with Crippen LogP contribution in [0, 0.1) is 5.92 Å². The number of carboxylic acids is 1. The van der Waals surface area contributed by atoms with Gasteiger partial charge < -0.3 is 5.11 Å². The molecule has 0 aromatic carbocycles. The van der Waals surface area contributed by atoms with Gasteiger partial charge in [0.05, 0.1) is 0 Å². The zero-order valence-electron chi connectivity index (χ0n) is 8.56. The van der Waals surface area contributed by atoms with Gasteiger partial charge >= 0.3 is 5.97 Å². The number of carbonyl (C=O) groups is 2. The highest BCUT2D eigenvalue weighted by molar-refractivity contribution is 5.78. The Morgan fingerprint density at radius 1 is 1.57 bits per heavy atom. The first kappa shape index (κ1) is 11.0. The van der Waals surface area contributed by atoms with Crippen LogP contribution in [-0.4, -0.2) is 46.6 Å². The predicted octanol–water partition coefficient (Wildman–Crippen LogP) is 0.176. The summed E-state index contributed by atoms with van der Waals surface area (Å²) in [7, 11) is 0. The van der Waals surface area contributed by atoms with Gasteiger partial charge in [0.2, 0.25) is 5.91 Å². The number of aliphatic carboxylic acids is 1. The fourth-order valence-electron chi connectivity index (χ4n) is 1.52. The van der Waals surface area contributed by atoms with Crippen LogP contribution in [0.5, 0.6) is 0 Å². The van der Waals surface area contributed by atoms with Gasteiger partial charge in [0.15, 0.2) is 0 Å². The van der Waals surface area contributed by atoms with Crippen molar-refractivity contribution in [2.24, 2.45) is 5.92 Å². The van der Waals surface area contributed by atoms with E-state index in [1.807, 2.05) is 13.8 Å². The molecule has 1 aliphatic heterocycles. The van der Waals surface area contributed by atoms with Gasteiger partial charge in [-0.15, -0.1) is 0 Å². The standard InChI is InChI=1S/C9H16N2O3/c1-7(2)5-11-8(12)3-4-10(11)6-9(13)14/h7H,3-6H2,1-2H3,(H,13,14). The van der Waals surface area contributed by atoms with Crippen molar-refractivity contribution in [1.29, 1.82) is 0 Å². The maximum Gasteiger partial charge on any atom is 0.319 e. The minimum atomic E-state index is -0.895. The van der Waals surface area contributed by atoms with Crippen molar-refractivity contribution in [3.63, 3.8) is 0 Å². The average molecular weight is 200 g/mol. The molecule has 1 saturated heterocycles. The van der Waals surface area contributed by atoms with Gasteiger partial charge in [0, 0.05) is 19.5 Å². The summed E-state index contributed by atoms with van der Waals surface area (Å²) in [6.45, 7) is 5.05. The van der Waals surface area contributed by atoms with Crippen molar-refractivity contribution >= 4 is 11.9 Å². The molecule has 1 N–H and O–H groups in total. The molecule has 1 rings (SSSR count). The molecule has 14 heavy (non-hydrogen) atoms. The lowest BCUT2D eigenvalue weighted by Crippen LogP contribution is -2.43. The number of carbonyl (C=O) groups excluding carboxylic acids is 1. The molecule has 80 valence electrons. The molecule has 0 radical (unpaired) electrons. The van der Waals surface area contributed by atoms with Crippen LogP contribution in [0.15, 0.2) is 0 Å². The molecule has 1 heterocycles. The number of carboxylic acid groups (broad SMARTS) is 1. The van der Waals surface area contributed by atoms with E-state index in [2.05, 4.69) is 0 Å². The summed E-state index contributed by atoms with van der Waals surface area (Å²) >= 11 is 0. The molecule has 0 unspecified atom stereocenters. The highest BCUT2D eigenvalue weighted by Gasteiger charge is 2.30. The number of amides is 1. The Balaban J connectivity index is 2.57. The fourth-order valence-corrected chi connectivity index (χ4v) is 1.52. The van der Waals surface area contributed by atoms with Crippen molar-refractivity contribution in [1.82, 2.24) is 10.0 Å². The van der Waals surface area contributed by atoms with Gasteiger partial charge in [-0.25, -0.2) is 5.01 Å². The largest absolute Gasteiger partial charge is 0.480 e. The molecule has 0 aliphatic carbocycles. The molecule has 0 saturated carbocycles. The van der Waals surface area contributed by atoms with Crippen molar-refractivity contribution in [3.8, 4) is 0 Å². The van der Waals surface area contributed by atoms with E-state index < -0.39 is 5.97 Å². The molecular weight excluding hydrogens is 184 g/mol. The molecule has 5 heteroatoms. The molecule has 1 aliphatic rings. The van der Waals surface area contributed by atoms with E-state index in [0.717, 1.165) is 0 Å². The third-order valence-corrected chi connectivity index (χ3v) is 2.07. The second-order valence-electron chi connectivity index (χ2n) is 3.90. The minimum absolute atomic E-state index is 0.0277. The zero-order valence-corrected chi connectivity index (χ0v) is 8.56. The van der Waals surface area contributed by atoms with E-state index in [9.17, 15) is 9.59 Å². The molecule has 1 amide bonds.